The molecule has 6 heteroatoms. The molecule has 1 heterocycles. The molecule has 1 atom stereocenters. The predicted octanol–water partition coefficient (Wildman–Crippen LogP) is -0.870. The van der Waals surface area contributed by atoms with Crippen molar-refractivity contribution in [2.45, 2.75) is 6.04 Å². The van der Waals surface area contributed by atoms with Gasteiger partial charge in [0.25, 0.3) is 0 Å². The zero-order valence-electron chi connectivity index (χ0n) is 5.65. The molecule has 0 aliphatic carbocycles. The molecular weight excluding hydrogens is 184 g/mol. The molecule has 0 aromatic carbocycles. The highest BCUT2D eigenvalue weighted by Crippen LogP contribution is 2.06. The number of hydrogen-bond donors (Lipinski definition) is 2. The highest BCUT2D eigenvalue weighted by atomic mass is 32.2. The van der Waals surface area contributed by atoms with Crippen LogP contribution in [0.3, 0.4) is 0 Å². The maximum absolute atomic E-state index is 10.8. The Morgan fingerprint density at radius 2 is 2.36 bits per heavy atom. The van der Waals surface area contributed by atoms with E-state index >= 15 is 0 Å². The van der Waals surface area contributed by atoms with Crippen molar-refractivity contribution in [3.05, 3.63) is 11.5 Å². The second-order valence-electron chi connectivity index (χ2n) is 2.27. The van der Waals surface area contributed by atoms with Crippen molar-refractivity contribution in [3.63, 3.8) is 0 Å². The molecule has 0 fully saturated rings. The lowest BCUT2D eigenvalue weighted by atomic mass is 10.3. The van der Waals surface area contributed by atoms with Crippen LogP contribution in [0.4, 0.5) is 0 Å². The molecule has 3 N–H and O–H groups in total. The lowest BCUT2D eigenvalue weighted by Gasteiger charge is -2.07. The summed E-state index contributed by atoms with van der Waals surface area (Å²) in [6, 6.07) is -0.252. The summed E-state index contributed by atoms with van der Waals surface area (Å²) in [5.41, 5.74) is 5.15. The van der Waals surface area contributed by atoms with E-state index in [1.807, 2.05) is 0 Å². The Balaban J connectivity index is 2.58. The minimum Gasteiger partial charge on any atom is -0.376 e. The van der Waals surface area contributed by atoms with Crippen LogP contribution in [0.15, 0.2) is 11.5 Å². The van der Waals surface area contributed by atoms with E-state index in [1.165, 1.54) is 11.5 Å². The van der Waals surface area contributed by atoms with E-state index in [1.54, 1.807) is 0 Å². The normalized spacial score (nSPS) is 26.7. The molecule has 1 unspecified atom stereocenters. The molecule has 0 aromatic heterocycles. The number of sulfone groups is 1. The molecule has 0 aromatic rings. The summed E-state index contributed by atoms with van der Waals surface area (Å²) in [7, 11) is -3.00. The Morgan fingerprint density at radius 3 is 2.73 bits per heavy atom. The van der Waals surface area contributed by atoms with Gasteiger partial charge in [-0.3, -0.25) is 0 Å². The first kappa shape index (κ1) is 8.48. The van der Waals surface area contributed by atoms with Gasteiger partial charge in [-0.15, -0.1) is 0 Å². The van der Waals surface area contributed by atoms with Gasteiger partial charge in [0.05, 0.1) is 11.8 Å². The van der Waals surface area contributed by atoms with E-state index in [-0.39, 0.29) is 16.9 Å². The predicted molar refractivity (Wildman–Crippen MR) is 46.6 cm³/mol. The van der Waals surface area contributed by atoms with E-state index in [4.69, 9.17) is 5.73 Å². The second-order valence-corrected chi connectivity index (χ2v) is 4.64. The lowest BCUT2D eigenvalue weighted by Crippen LogP contribution is -2.38. The number of thiocarbonyl (C=S) groups is 1. The largest absolute Gasteiger partial charge is 0.376 e. The fourth-order valence-corrected chi connectivity index (χ4v) is 2.24. The zero-order valence-corrected chi connectivity index (χ0v) is 7.28. The van der Waals surface area contributed by atoms with E-state index in [0.29, 0.717) is 0 Å². The van der Waals surface area contributed by atoms with Gasteiger partial charge in [0.2, 0.25) is 0 Å². The van der Waals surface area contributed by atoms with Gasteiger partial charge in [-0.05, 0) is 18.3 Å². The van der Waals surface area contributed by atoms with Crippen molar-refractivity contribution in [2.75, 3.05) is 5.75 Å². The topological polar surface area (TPSA) is 72.2 Å². The van der Waals surface area contributed by atoms with E-state index < -0.39 is 9.84 Å². The number of nitrogens with two attached hydrogens (primary N) is 1. The Morgan fingerprint density at radius 1 is 1.73 bits per heavy atom. The molecule has 0 spiro atoms. The summed E-state index contributed by atoms with van der Waals surface area (Å²) < 4.78 is 21.6. The van der Waals surface area contributed by atoms with Crippen molar-refractivity contribution >= 4 is 27.2 Å². The average Bonchev–Trinajstić information content (AvgIpc) is 2.08. The minimum absolute atomic E-state index is 0.0460. The summed E-state index contributed by atoms with van der Waals surface area (Å²) in [5, 5.41) is 3.93. The summed E-state index contributed by atoms with van der Waals surface area (Å²) in [4.78, 5) is 0. The Kier molecular flexibility index (Phi) is 2.15. The maximum Gasteiger partial charge on any atom is 0.173 e. The molecule has 0 saturated carbocycles. The summed E-state index contributed by atoms with van der Waals surface area (Å²) >= 11 is 4.55. The monoisotopic (exact) mass is 192 g/mol. The van der Waals surface area contributed by atoms with Gasteiger partial charge >= 0.3 is 0 Å². The average molecular weight is 192 g/mol. The molecule has 1 aliphatic rings. The van der Waals surface area contributed by atoms with Crippen LogP contribution in [0, 0.1) is 0 Å². The van der Waals surface area contributed by atoms with Crippen molar-refractivity contribution in [1.29, 1.82) is 0 Å². The SMILES string of the molecule is NC(=S)NC1C=CS(=O)(=O)C1. The quantitative estimate of drug-likeness (QED) is 0.528. The summed E-state index contributed by atoms with van der Waals surface area (Å²) in [6.07, 6.45) is 1.54. The van der Waals surface area contributed by atoms with Crippen LogP contribution in [0.2, 0.25) is 0 Å². The van der Waals surface area contributed by atoms with Crippen LogP contribution in [0.1, 0.15) is 0 Å². The van der Waals surface area contributed by atoms with E-state index in [9.17, 15) is 8.42 Å². The van der Waals surface area contributed by atoms with Crippen LogP contribution in [0.5, 0.6) is 0 Å². The van der Waals surface area contributed by atoms with Gasteiger partial charge in [-0.1, -0.05) is 0 Å². The Labute approximate surface area is 70.4 Å². The van der Waals surface area contributed by atoms with Crippen molar-refractivity contribution in [1.82, 2.24) is 5.32 Å². The molecule has 0 radical (unpaired) electrons. The fourth-order valence-electron chi connectivity index (χ4n) is 0.848. The highest BCUT2D eigenvalue weighted by Gasteiger charge is 2.21. The second kappa shape index (κ2) is 2.78. The lowest BCUT2D eigenvalue weighted by molar-refractivity contribution is 0.602. The van der Waals surface area contributed by atoms with Crippen LogP contribution in [-0.2, 0) is 9.84 Å². The standard InChI is InChI=1S/C5H8N2O2S2/c6-5(10)7-4-1-2-11(8,9)3-4/h1-2,4H,3H2,(H3,6,7,10). The highest BCUT2D eigenvalue weighted by molar-refractivity contribution is 7.94. The Bertz CT molecular complexity index is 294. The molecular formula is C5H8N2O2S2. The number of nitrogens with one attached hydrogen (secondary N) is 1. The van der Waals surface area contributed by atoms with Crippen LogP contribution < -0.4 is 11.1 Å². The van der Waals surface area contributed by atoms with Crippen molar-refractivity contribution in [3.8, 4) is 0 Å². The molecule has 11 heavy (non-hydrogen) atoms. The van der Waals surface area contributed by atoms with Gasteiger partial charge < -0.3 is 11.1 Å². The van der Waals surface area contributed by atoms with Gasteiger partial charge in [-0.2, -0.15) is 0 Å². The van der Waals surface area contributed by atoms with Crippen LogP contribution >= 0.6 is 12.2 Å². The van der Waals surface area contributed by atoms with Crippen LogP contribution in [0.25, 0.3) is 0 Å². The van der Waals surface area contributed by atoms with Gasteiger partial charge in [-0.25, -0.2) is 8.42 Å². The fraction of sp³-hybridized carbons (Fsp3) is 0.400. The first-order valence-corrected chi connectivity index (χ1v) is 5.09. The minimum atomic E-state index is -3.00. The number of hydrogen-bond acceptors (Lipinski definition) is 3. The van der Waals surface area contributed by atoms with Gasteiger partial charge in [0.1, 0.15) is 0 Å². The first-order chi connectivity index (χ1) is 4.99. The summed E-state index contributed by atoms with van der Waals surface area (Å²) in [6.45, 7) is 0. The molecule has 1 aliphatic heterocycles. The van der Waals surface area contributed by atoms with Crippen LogP contribution in [-0.4, -0.2) is 25.3 Å². The molecule has 0 bridgehead atoms. The number of rotatable bonds is 1. The van der Waals surface area contributed by atoms with Crippen molar-refractivity contribution in [2.24, 2.45) is 5.73 Å². The molecule has 62 valence electrons. The Hall–Kier alpha value is -0.620. The van der Waals surface area contributed by atoms with E-state index in [0.717, 1.165) is 0 Å². The zero-order chi connectivity index (χ0) is 8.48. The smallest absolute Gasteiger partial charge is 0.173 e. The maximum atomic E-state index is 10.8. The third-order valence-corrected chi connectivity index (χ3v) is 2.77. The molecule has 0 saturated heterocycles. The first-order valence-electron chi connectivity index (χ1n) is 2.96. The molecule has 1 rings (SSSR count). The summed E-state index contributed by atoms with van der Waals surface area (Å²) in [5.74, 6) is 0.0460. The molecule has 4 nitrogen and oxygen atoms in total. The van der Waals surface area contributed by atoms with E-state index in [2.05, 4.69) is 17.5 Å². The molecule has 0 amide bonds. The van der Waals surface area contributed by atoms with Crippen molar-refractivity contribution < 1.29 is 8.42 Å². The van der Waals surface area contributed by atoms with Gasteiger partial charge in [0.15, 0.2) is 14.9 Å². The van der Waals surface area contributed by atoms with Gasteiger partial charge in [0, 0.05) is 5.41 Å². The third-order valence-electron chi connectivity index (χ3n) is 1.26. The third kappa shape index (κ3) is 2.47.